The number of halogens is 1. The van der Waals surface area contributed by atoms with E-state index in [4.69, 9.17) is 16.3 Å². The first-order valence-corrected chi connectivity index (χ1v) is 13.2. The van der Waals surface area contributed by atoms with Crippen LogP contribution in [0.4, 0.5) is 4.79 Å². The number of nitrogens with zero attached hydrogens (tertiary/aromatic N) is 2. The first-order valence-electron chi connectivity index (χ1n) is 12.0. The molecule has 0 bridgehead atoms. The van der Waals surface area contributed by atoms with Crippen LogP contribution >= 0.6 is 22.9 Å². The van der Waals surface area contributed by atoms with Crippen molar-refractivity contribution in [3.05, 3.63) is 50.7 Å². The maximum absolute atomic E-state index is 13.6. The molecular formula is C26H36ClN3O3S. The molecule has 6 nitrogen and oxygen atoms in total. The molecule has 0 fully saturated rings. The maximum Gasteiger partial charge on any atom is 0.318 e. The van der Waals surface area contributed by atoms with Gasteiger partial charge in [0.15, 0.2) is 0 Å². The van der Waals surface area contributed by atoms with Crippen LogP contribution < -0.4 is 10.1 Å². The highest BCUT2D eigenvalue weighted by Crippen LogP contribution is 2.34. The maximum atomic E-state index is 13.6. The van der Waals surface area contributed by atoms with E-state index >= 15 is 0 Å². The van der Waals surface area contributed by atoms with Gasteiger partial charge in [0.1, 0.15) is 18.9 Å². The molecular weight excluding hydrogens is 470 g/mol. The summed E-state index contributed by atoms with van der Waals surface area (Å²) in [6.07, 6.45) is 1.76. The van der Waals surface area contributed by atoms with Crippen LogP contribution in [0.15, 0.2) is 29.6 Å². The minimum atomic E-state index is -0.197. The number of aryl methyl sites for hydroxylation is 1. The Bertz CT molecular complexity index is 993. The molecule has 0 saturated heterocycles. The monoisotopic (exact) mass is 505 g/mol. The summed E-state index contributed by atoms with van der Waals surface area (Å²) in [5.74, 6) is 0.981. The third-order valence-electron chi connectivity index (χ3n) is 6.21. The Morgan fingerprint density at radius 3 is 2.74 bits per heavy atom. The molecule has 1 N–H and O–H groups in total. The summed E-state index contributed by atoms with van der Waals surface area (Å²) in [4.78, 5) is 31.2. The molecule has 0 spiro atoms. The van der Waals surface area contributed by atoms with Crippen LogP contribution in [0.2, 0.25) is 5.02 Å². The normalized spacial score (nSPS) is 16.2. The van der Waals surface area contributed by atoms with E-state index in [0.29, 0.717) is 30.6 Å². The van der Waals surface area contributed by atoms with E-state index in [1.807, 2.05) is 43.9 Å². The summed E-state index contributed by atoms with van der Waals surface area (Å²) >= 11 is 7.87. The molecule has 0 radical (unpaired) electrons. The number of rotatable bonds is 9. The van der Waals surface area contributed by atoms with Crippen molar-refractivity contribution in [1.82, 2.24) is 15.1 Å². The van der Waals surface area contributed by atoms with Gasteiger partial charge in [-0.3, -0.25) is 4.79 Å². The first-order chi connectivity index (χ1) is 16.2. The molecule has 0 unspecified atom stereocenters. The van der Waals surface area contributed by atoms with Gasteiger partial charge in [0.05, 0.1) is 6.04 Å². The molecule has 186 valence electrons. The van der Waals surface area contributed by atoms with Crippen LogP contribution in [0.3, 0.4) is 0 Å². The number of nitrogens with one attached hydrogen (secondary N) is 1. The fourth-order valence-electron chi connectivity index (χ4n) is 4.07. The Kier molecular flexibility index (Phi) is 9.25. The van der Waals surface area contributed by atoms with Crippen molar-refractivity contribution in [2.75, 3.05) is 26.2 Å². The van der Waals surface area contributed by atoms with Gasteiger partial charge in [-0.1, -0.05) is 31.9 Å². The Morgan fingerprint density at radius 1 is 1.29 bits per heavy atom. The molecule has 1 aliphatic rings. The van der Waals surface area contributed by atoms with Crippen molar-refractivity contribution in [3.8, 4) is 5.75 Å². The second-order valence-corrected chi connectivity index (χ2v) is 10.8. The molecule has 0 aliphatic carbocycles. The fraction of sp³-hybridized carbons (Fsp3) is 0.538. The highest BCUT2D eigenvalue weighted by Gasteiger charge is 2.33. The number of hydrogen-bond acceptors (Lipinski definition) is 4. The van der Waals surface area contributed by atoms with Crippen LogP contribution in [0, 0.1) is 12.8 Å². The van der Waals surface area contributed by atoms with Gasteiger partial charge in [-0.25, -0.2) is 4.79 Å². The van der Waals surface area contributed by atoms with E-state index in [1.54, 1.807) is 16.2 Å². The highest BCUT2D eigenvalue weighted by atomic mass is 35.5. The van der Waals surface area contributed by atoms with Crippen LogP contribution in [-0.4, -0.2) is 54.0 Å². The van der Waals surface area contributed by atoms with Crippen LogP contribution in [-0.2, 0) is 11.2 Å². The molecule has 2 atom stereocenters. The lowest BCUT2D eigenvalue weighted by Gasteiger charge is -2.37. The van der Waals surface area contributed by atoms with Crippen molar-refractivity contribution in [2.24, 2.45) is 5.92 Å². The number of carbonyl (C=O) groups excluding carboxylic acids is 2. The number of hydrogen-bond donors (Lipinski definition) is 1. The van der Waals surface area contributed by atoms with E-state index in [9.17, 15) is 9.59 Å². The third kappa shape index (κ3) is 6.66. The standard InChI is InChI=1S/C26H36ClN3O3S/c1-6-18(4)14-29(26(32)28-17(2)3)15-25(31)30-11-9-24-21(10-12-34-24)23(30)16-33-20-7-8-22(27)19(5)13-20/h7-8,10,12-13,17-18,23H,6,9,11,14-16H2,1-5H3,(H,28,32)/t18-,23-/m0/s1. The molecule has 1 aromatic carbocycles. The quantitative estimate of drug-likeness (QED) is 0.476. The first kappa shape index (κ1) is 26.4. The summed E-state index contributed by atoms with van der Waals surface area (Å²) in [5.41, 5.74) is 2.08. The number of benzene rings is 1. The Morgan fingerprint density at radius 2 is 2.06 bits per heavy atom. The lowest BCUT2D eigenvalue weighted by atomic mass is 10.00. The van der Waals surface area contributed by atoms with Crippen LogP contribution in [0.5, 0.6) is 5.75 Å². The van der Waals surface area contributed by atoms with E-state index in [1.165, 1.54) is 4.88 Å². The topological polar surface area (TPSA) is 61.9 Å². The van der Waals surface area contributed by atoms with Crippen LogP contribution in [0.25, 0.3) is 0 Å². The second-order valence-electron chi connectivity index (χ2n) is 9.37. The molecule has 1 aliphatic heterocycles. The average molecular weight is 506 g/mol. The van der Waals surface area contributed by atoms with Gasteiger partial charge in [0, 0.05) is 29.0 Å². The number of ether oxygens (including phenoxy) is 1. The average Bonchev–Trinajstić information content (AvgIpc) is 3.27. The molecule has 3 rings (SSSR count). The number of fused-ring (bicyclic) bond motifs is 1. The smallest absolute Gasteiger partial charge is 0.318 e. The Hall–Kier alpha value is -2.25. The number of amides is 3. The lowest BCUT2D eigenvalue weighted by Crippen LogP contribution is -2.51. The fourth-order valence-corrected chi connectivity index (χ4v) is 5.12. The summed E-state index contributed by atoms with van der Waals surface area (Å²) < 4.78 is 6.13. The van der Waals surface area contributed by atoms with Crippen molar-refractivity contribution in [2.45, 2.75) is 59.5 Å². The summed E-state index contributed by atoms with van der Waals surface area (Å²) in [5, 5.41) is 5.71. The zero-order valence-electron chi connectivity index (χ0n) is 20.8. The SMILES string of the molecule is CC[C@H](C)CN(CC(=O)N1CCc2sccc2[C@@H]1COc1ccc(Cl)c(C)c1)C(=O)NC(C)C. The molecule has 2 aromatic rings. The number of urea groups is 1. The van der Waals surface area contributed by atoms with E-state index in [-0.39, 0.29) is 30.6 Å². The van der Waals surface area contributed by atoms with Crippen molar-refractivity contribution < 1.29 is 14.3 Å². The third-order valence-corrected chi connectivity index (χ3v) is 7.63. The zero-order chi connectivity index (χ0) is 24.8. The molecule has 3 amide bonds. The summed E-state index contributed by atoms with van der Waals surface area (Å²) in [6.45, 7) is 11.6. The number of thiophene rings is 1. The van der Waals surface area contributed by atoms with Gasteiger partial charge >= 0.3 is 6.03 Å². The van der Waals surface area contributed by atoms with Gasteiger partial charge in [0.25, 0.3) is 0 Å². The van der Waals surface area contributed by atoms with Crippen molar-refractivity contribution >= 4 is 34.9 Å². The van der Waals surface area contributed by atoms with E-state index < -0.39 is 0 Å². The molecule has 8 heteroatoms. The van der Waals surface area contributed by atoms with E-state index in [2.05, 4.69) is 30.6 Å². The highest BCUT2D eigenvalue weighted by molar-refractivity contribution is 7.10. The zero-order valence-corrected chi connectivity index (χ0v) is 22.3. The Labute approximate surface area is 212 Å². The molecule has 0 saturated carbocycles. The van der Waals surface area contributed by atoms with Crippen molar-refractivity contribution in [3.63, 3.8) is 0 Å². The summed E-state index contributed by atoms with van der Waals surface area (Å²) in [7, 11) is 0. The lowest BCUT2D eigenvalue weighted by molar-refractivity contribution is -0.135. The predicted octanol–water partition coefficient (Wildman–Crippen LogP) is 5.68. The molecule has 34 heavy (non-hydrogen) atoms. The van der Waals surface area contributed by atoms with Crippen LogP contribution in [0.1, 0.15) is 56.2 Å². The largest absolute Gasteiger partial charge is 0.491 e. The van der Waals surface area contributed by atoms with Gasteiger partial charge in [-0.05, 0) is 73.9 Å². The molecule has 2 heterocycles. The van der Waals surface area contributed by atoms with E-state index in [0.717, 1.165) is 29.7 Å². The minimum absolute atomic E-state index is 0.00867. The van der Waals surface area contributed by atoms with Crippen molar-refractivity contribution in [1.29, 1.82) is 0 Å². The predicted molar refractivity (Wildman–Crippen MR) is 139 cm³/mol. The van der Waals surface area contributed by atoms with Gasteiger partial charge in [-0.2, -0.15) is 0 Å². The second kappa shape index (κ2) is 11.9. The Balaban J connectivity index is 1.77. The molecule has 1 aromatic heterocycles. The summed E-state index contributed by atoms with van der Waals surface area (Å²) in [6, 6.07) is 7.29. The van der Waals surface area contributed by atoms with Gasteiger partial charge in [0.2, 0.25) is 5.91 Å². The minimum Gasteiger partial charge on any atom is -0.491 e. The van der Waals surface area contributed by atoms with Gasteiger partial charge in [-0.15, -0.1) is 11.3 Å². The number of carbonyl (C=O) groups is 2. The van der Waals surface area contributed by atoms with Gasteiger partial charge < -0.3 is 19.9 Å².